The fourth-order valence-electron chi connectivity index (χ4n) is 2.77. The van der Waals surface area contributed by atoms with Crippen LogP contribution in [0, 0.1) is 0 Å². The molecule has 1 fully saturated rings. The highest BCUT2D eigenvalue weighted by Gasteiger charge is 2.21. The molecule has 2 aromatic rings. The van der Waals surface area contributed by atoms with Crippen LogP contribution in [0.25, 0.3) is 11.5 Å². The van der Waals surface area contributed by atoms with E-state index in [4.69, 9.17) is 9.15 Å². The molecule has 1 aliphatic rings. The van der Waals surface area contributed by atoms with E-state index in [1.807, 2.05) is 24.3 Å². The molecule has 1 heterocycles. The summed E-state index contributed by atoms with van der Waals surface area (Å²) >= 11 is 0. The maximum atomic E-state index is 9.55. The van der Waals surface area contributed by atoms with Crippen molar-refractivity contribution in [2.24, 2.45) is 0 Å². The molecule has 1 aromatic carbocycles. The number of hydrogen-bond acceptors (Lipinski definition) is 6. The number of benzene rings is 1. The number of para-hydroxylation sites is 1. The first-order chi connectivity index (χ1) is 11.3. The zero-order chi connectivity index (χ0) is 16.1. The Bertz CT molecular complexity index is 621. The van der Waals surface area contributed by atoms with Crippen LogP contribution in [0.1, 0.15) is 39.0 Å². The standard InChI is InChI=1S/C17H23N3O3/c1-2-11-22-15-6-4-3-5-14(15)16-19-20-17(23-16)18-12-7-9-13(21)10-8-12/h3-6,12-13,21H,2,7-11H2,1H3,(H,18,20). The first-order valence-electron chi connectivity index (χ1n) is 8.26. The predicted octanol–water partition coefficient (Wildman–Crippen LogP) is 3.24. The van der Waals surface area contributed by atoms with Gasteiger partial charge in [-0.05, 0) is 44.2 Å². The number of nitrogens with one attached hydrogen (secondary N) is 1. The van der Waals surface area contributed by atoms with Crippen LogP contribution in [0.5, 0.6) is 5.75 Å². The number of hydrogen-bond donors (Lipinski definition) is 2. The van der Waals surface area contributed by atoms with E-state index in [1.165, 1.54) is 0 Å². The van der Waals surface area contributed by atoms with Crippen molar-refractivity contribution in [2.75, 3.05) is 11.9 Å². The fraction of sp³-hybridized carbons (Fsp3) is 0.529. The van der Waals surface area contributed by atoms with Crippen molar-refractivity contribution in [3.8, 4) is 17.2 Å². The van der Waals surface area contributed by atoms with Gasteiger partial charge in [0.1, 0.15) is 5.75 Å². The Labute approximate surface area is 135 Å². The Morgan fingerprint density at radius 1 is 1.22 bits per heavy atom. The third-order valence-corrected chi connectivity index (χ3v) is 4.03. The second kappa shape index (κ2) is 7.46. The third kappa shape index (κ3) is 4.01. The summed E-state index contributed by atoms with van der Waals surface area (Å²) in [7, 11) is 0. The van der Waals surface area contributed by atoms with Gasteiger partial charge in [-0.1, -0.05) is 24.2 Å². The van der Waals surface area contributed by atoms with Crippen LogP contribution in [0.3, 0.4) is 0 Å². The van der Waals surface area contributed by atoms with Crippen LogP contribution >= 0.6 is 0 Å². The van der Waals surface area contributed by atoms with Crippen LogP contribution < -0.4 is 10.1 Å². The van der Waals surface area contributed by atoms with E-state index in [0.29, 0.717) is 18.5 Å². The van der Waals surface area contributed by atoms with Crippen molar-refractivity contribution >= 4 is 6.01 Å². The molecular formula is C17H23N3O3. The molecule has 6 heteroatoms. The molecule has 0 radical (unpaired) electrons. The van der Waals surface area contributed by atoms with Gasteiger partial charge in [-0.25, -0.2) is 0 Å². The Morgan fingerprint density at radius 3 is 2.78 bits per heavy atom. The van der Waals surface area contributed by atoms with E-state index in [2.05, 4.69) is 22.4 Å². The van der Waals surface area contributed by atoms with Crippen molar-refractivity contribution in [1.82, 2.24) is 10.2 Å². The largest absolute Gasteiger partial charge is 0.493 e. The second-order valence-corrected chi connectivity index (χ2v) is 5.91. The first-order valence-corrected chi connectivity index (χ1v) is 8.26. The molecule has 0 bridgehead atoms. The van der Waals surface area contributed by atoms with Gasteiger partial charge in [0.2, 0.25) is 0 Å². The molecule has 3 rings (SSSR count). The SMILES string of the molecule is CCCOc1ccccc1-c1nnc(NC2CCC(O)CC2)o1. The van der Waals surface area contributed by atoms with Crippen LogP contribution in [0.2, 0.25) is 0 Å². The van der Waals surface area contributed by atoms with E-state index in [0.717, 1.165) is 43.4 Å². The van der Waals surface area contributed by atoms with Crippen LogP contribution in [-0.2, 0) is 0 Å². The highest BCUT2D eigenvalue weighted by atomic mass is 16.5. The molecule has 23 heavy (non-hydrogen) atoms. The third-order valence-electron chi connectivity index (χ3n) is 4.03. The smallest absolute Gasteiger partial charge is 0.315 e. The average molecular weight is 317 g/mol. The molecular weight excluding hydrogens is 294 g/mol. The van der Waals surface area contributed by atoms with Gasteiger partial charge in [-0.15, -0.1) is 5.10 Å². The highest BCUT2D eigenvalue weighted by molar-refractivity contribution is 5.62. The number of ether oxygens (including phenoxy) is 1. The number of aromatic nitrogens is 2. The van der Waals surface area contributed by atoms with Gasteiger partial charge in [0.15, 0.2) is 0 Å². The molecule has 2 N–H and O–H groups in total. The van der Waals surface area contributed by atoms with Gasteiger partial charge in [-0.2, -0.15) is 0 Å². The summed E-state index contributed by atoms with van der Waals surface area (Å²) in [6, 6.07) is 8.38. The number of anilines is 1. The highest BCUT2D eigenvalue weighted by Crippen LogP contribution is 2.30. The second-order valence-electron chi connectivity index (χ2n) is 5.91. The van der Waals surface area contributed by atoms with Gasteiger partial charge < -0.3 is 19.6 Å². The minimum absolute atomic E-state index is 0.172. The van der Waals surface area contributed by atoms with Crippen molar-refractivity contribution < 1.29 is 14.3 Å². The molecule has 0 unspecified atom stereocenters. The molecule has 1 saturated carbocycles. The van der Waals surface area contributed by atoms with Crippen molar-refractivity contribution in [1.29, 1.82) is 0 Å². The van der Waals surface area contributed by atoms with E-state index in [-0.39, 0.29) is 12.1 Å². The Balaban J connectivity index is 1.69. The van der Waals surface area contributed by atoms with Gasteiger partial charge >= 0.3 is 6.01 Å². The lowest BCUT2D eigenvalue weighted by atomic mass is 9.93. The summed E-state index contributed by atoms with van der Waals surface area (Å²) in [6.45, 7) is 2.72. The van der Waals surface area contributed by atoms with E-state index in [9.17, 15) is 5.11 Å². The summed E-state index contributed by atoms with van der Waals surface area (Å²) in [5, 5.41) is 21.0. The number of aliphatic hydroxyl groups excluding tert-OH is 1. The van der Waals surface area contributed by atoms with Gasteiger partial charge in [0.05, 0.1) is 18.3 Å². The minimum atomic E-state index is -0.172. The zero-order valence-corrected chi connectivity index (χ0v) is 13.4. The summed E-state index contributed by atoms with van der Waals surface area (Å²) in [4.78, 5) is 0. The normalized spacial score (nSPS) is 21.1. The maximum Gasteiger partial charge on any atom is 0.315 e. The lowest BCUT2D eigenvalue weighted by Crippen LogP contribution is -2.28. The molecule has 124 valence electrons. The van der Waals surface area contributed by atoms with E-state index in [1.54, 1.807) is 0 Å². The number of aliphatic hydroxyl groups is 1. The monoisotopic (exact) mass is 317 g/mol. The summed E-state index contributed by atoms with van der Waals surface area (Å²) < 4.78 is 11.5. The molecule has 0 aliphatic heterocycles. The Kier molecular flexibility index (Phi) is 5.12. The lowest BCUT2D eigenvalue weighted by Gasteiger charge is -2.25. The summed E-state index contributed by atoms with van der Waals surface area (Å²) in [5.41, 5.74) is 0.806. The molecule has 0 spiro atoms. The zero-order valence-electron chi connectivity index (χ0n) is 13.4. The minimum Gasteiger partial charge on any atom is -0.493 e. The molecule has 1 aliphatic carbocycles. The van der Waals surface area contributed by atoms with E-state index < -0.39 is 0 Å². The van der Waals surface area contributed by atoms with E-state index >= 15 is 0 Å². The van der Waals surface area contributed by atoms with Gasteiger partial charge in [-0.3, -0.25) is 0 Å². The maximum absolute atomic E-state index is 9.55. The van der Waals surface area contributed by atoms with Crippen molar-refractivity contribution in [2.45, 2.75) is 51.2 Å². The molecule has 0 amide bonds. The van der Waals surface area contributed by atoms with Crippen LogP contribution in [0.15, 0.2) is 28.7 Å². The molecule has 0 saturated heterocycles. The molecule has 0 atom stereocenters. The Hall–Kier alpha value is -2.08. The number of rotatable bonds is 6. The summed E-state index contributed by atoms with van der Waals surface area (Å²) in [6.07, 6.45) is 4.22. The average Bonchev–Trinajstić information content (AvgIpc) is 3.04. The summed E-state index contributed by atoms with van der Waals surface area (Å²) in [5.74, 6) is 1.21. The van der Waals surface area contributed by atoms with Crippen LogP contribution in [-0.4, -0.2) is 34.1 Å². The van der Waals surface area contributed by atoms with Crippen molar-refractivity contribution in [3.05, 3.63) is 24.3 Å². The molecule has 6 nitrogen and oxygen atoms in total. The van der Waals surface area contributed by atoms with Gasteiger partial charge in [0.25, 0.3) is 5.89 Å². The fourth-order valence-corrected chi connectivity index (χ4v) is 2.77. The van der Waals surface area contributed by atoms with Crippen LogP contribution in [0.4, 0.5) is 6.01 Å². The predicted molar refractivity (Wildman–Crippen MR) is 87.4 cm³/mol. The lowest BCUT2D eigenvalue weighted by molar-refractivity contribution is 0.125. The first kappa shape index (κ1) is 15.8. The number of nitrogens with zero attached hydrogens (tertiary/aromatic N) is 2. The molecule has 1 aromatic heterocycles. The quantitative estimate of drug-likeness (QED) is 0.851. The Morgan fingerprint density at radius 2 is 2.00 bits per heavy atom. The van der Waals surface area contributed by atoms with Crippen molar-refractivity contribution in [3.63, 3.8) is 0 Å². The van der Waals surface area contributed by atoms with Gasteiger partial charge in [0, 0.05) is 6.04 Å². The topological polar surface area (TPSA) is 80.4 Å².